The minimum Gasteiger partial charge on any atom is -0.492 e. The topological polar surface area (TPSA) is 46.6 Å². The molecule has 1 amide bonds. The number of benzene rings is 2. The van der Waals surface area contributed by atoms with Crippen LogP contribution in [0.5, 0.6) is 5.75 Å². The summed E-state index contributed by atoms with van der Waals surface area (Å²) in [6, 6.07) is 14.7. The summed E-state index contributed by atoms with van der Waals surface area (Å²) < 4.78 is 5.63. The summed E-state index contributed by atoms with van der Waals surface area (Å²) in [5.74, 6) is 0.775. The van der Waals surface area contributed by atoms with Crippen molar-refractivity contribution in [2.75, 3.05) is 19.7 Å². The van der Waals surface area contributed by atoms with Crippen LogP contribution in [-0.4, -0.2) is 36.8 Å². The second-order valence-corrected chi connectivity index (χ2v) is 5.23. The molecule has 112 valence electrons. The molecule has 0 fully saturated rings. The molecule has 1 heterocycles. The number of carbonyl (C=O) groups is 2. The number of amides is 1. The molecular weight excluding hydrogens is 278 g/mol. The van der Waals surface area contributed by atoms with Gasteiger partial charge in [0.15, 0.2) is 0 Å². The first kappa shape index (κ1) is 14.3. The van der Waals surface area contributed by atoms with Crippen molar-refractivity contribution < 1.29 is 14.3 Å². The minimum atomic E-state index is 0.0711. The summed E-state index contributed by atoms with van der Waals surface area (Å²) in [6.45, 7) is 1.72. The average Bonchev–Trinajstić information content (AvgIpc) is 2.58. The van der Waals surface area contributed by atoms with Crippen molar-refractivity contribution in [1.82, 2.24) is 4.90 Å². The number of ether oxygens (including phenoxy) is 1. The molecule has 0 unspecified atom stereocenters. The van der Waals surface area contributed by atoms with Crippen LogP contribution < -0.4 is 4.74 Å². The molecule has 0 saturated carbocycles. The van der Waals surface area contributed by atoms with Crippen LogP contribution in [0.2, 0.25) is 0 Å². The molecule has 4 nitrogen and oxygen atoms in total. The first-order valence-electron chi connectivity index (χ1n) is 7.33. The maximum Gasteiger partial charge on any atom is 0.254 e. The maximum atomic E-state index is 12.4. The molecule has 0 N–H and O–H groups in total. The van der Waals surface area contributed by atoms with Gasteiger partial charge in [0.2, 0.25) is 0 Å². The molecule has 4 heteroatoms. The number of aldehydes is 1. The summed E-state index contributed by atoms with van der Waals surface area (Å²) in [5.41, 5.74) is 2.54. The van der Waals surface area contributed by atoms with E-state index in [0.717, 1.165) is 30.4 Å². The normalized spacial score (nSPS) is 13.6. The van der Waals surface area contributed by atoms with Gasteiger partial charge in [0, 0.05) is 17.7 Å². The summed E-state index contributed by atoms with van der Waals surface area (Å²) in [6.07, 6.45) is 1.68. The SMILES string of the molecule is O=Cc1ccc(OCCN2CCc3ccccc3C2=O)cc1. The van der Waals surface area contributed by atoms with Crippen LogP contribution in [0.1, 0.15) is 26.3 Å². The Morgan fingerprint density at radius 3 is 2.64 bits per heavy atom. The molecule has 0 atom stereocenters. The van der Waals surface area contributed by atoms with Crippen LogP contribution in [0.4, 0.5) is 0 Å². The van der Waals surface area contributed by atoms with Gasteiger partial charge in [0.1, 0.15) is 18.6 Å². The molecule has 1 aliphatic heterocycles. The largest absolute Gasteiger partial charge is 0.492 e. The number of fused-ring (bicyclic) bond motifs is 1. The quantitative estimate of drug-likeness (QED) is 0.797. The molecule has 2 aromatic rings. The fourth-order valence-electron chi connectivity index (χ4n) is 2.60. The van der Waals surface area contributed by atoms with Crippen molar-refractivity contribution in [1.29, 1.82) is 0 Å². The van der Waals surface area contributed by atoms with Crippen molar-refractivity contribution in [3.63, 3.8) is 0 Å². The number of hydrogen-bond donors (Lipinski definition) is 0. The van der Waals surface area contributed by atoms with E-state index in [1.165, 1.54) is 0 Å². The van der Waals surface area contributed by atoms with Gasteiger partial charge in [-0.15, -0.1) is 0 Å². The third-order valence-electron chi connectivity index (χ3n) is 3.83. The molecule has 0 bridgehead atoms. The fourth-order valence-corrected chi connectivity index (χ4v) is 2.60. The minimum absolute atomic E-state index is 0.0711. The second-order valence-electron chi connectivity index (χ2n) is 5.23. The highest BCUT2D eigenvalue weighted by Crippen LogP contribution is 2.18. The van der Waals surface area contributed by atoms with E-state index in [4.69, 9.17) is 4.74 Å². The van der Waals surface area contributed by atoms with Crippen molar-refractivity contribution in [2.45, 2.75) is 6.42 Å². The van der Waals surface area contributed by atoms with E-state index in [2.05, 4.69) is 0 Å². The maximum absolute atomic E-state index is 12.4. The number of hydrogen-bond acceptors (Lipinski definition) is 3. The lowest BCUT2D eigenvalue weighted by molar-refractivity contribution is 0.0713. The highest BCUT2D eigenvalue weighted by molar-refractivity contribution is 5.96. The van der Waals surface area contributed by atoms with Crippen LogP contribution in [0.25, 0.3) is 0 Å². The Labute approximate surface area is 129 Å². The number of carbonyl (C=O) groups excluding carboxylic acids is 2. The van der Waals surface area contributed by atoms with Gasteiger partial charge in [0.25, 0.3) is 5.91 Å². The molecule has 22 heavy (non-hydrogen) atoms. The third-order valence-corrected chi connectivity index (χ3v) is 3.83. The van der Waals surface area contributed by atoms with Gasteiger partial charge in [-0.25, -0.2) is 0 Å². The van der Waals surface area contributed by atoms with Crippen molar-refractivity contribution in [2.24, 2.45) is 0 Å². The van der Waals surface area contributed by atoms with E-state index in [1.807, 2.05) is 29.2 Å². The van der Waals surface area contributed by atoms with E-state index < -0.39 is 0 Å². The van der Waals surface area contributed by atoms with E-state index in [0.29, 0.717) is 24.5 Å². The first-order valence-corrected chi connectivity index (χ1v) is 7.33. The molecule has 2 aromatic carbocycles. The van der Waals surface area contributed by atoms with Gasteiger partial charge in [-0.2, -0.15) is 0 Å². The Balaban J connectivity index is 1.56. The van der Waals surface area contributed by atoms with Crippen LogP contribution in [0.3, 0.4) is 0 Å². The van der Waals surface area contributed by atoms with Crippen LogP contribution in [0, 0.1) is 0 Å². The number of rotatable bonds is 5. The van der Waals surface area contributed by atoms with Crippen molar-refractivity contribution >= 4 is 12.2 Å². The molecule has 0 saturated heterocycles. The van der Waals surface area contributed by atoms with E-state index in [9.17, 15) is 9.59 Å². The lowest BCUT2D eigenvalue weighted by Crippen LogP contribution is -2.40. The zero-order valence-electron chi connectivity index (χ0n) is 12.2. The van der Waals surface area contributed by atoms with E-state index in [-0.39, 0.29) is 5.91 Å². The van der Waals surface area contributed by atoms with E-state index >= 15 is 0 Å². The number of nitrogens with zero attached hydrogens (tertiary/aromatic N) is 1. The zero-order valence-corrected chi connectivity index (χ0v) is 12.2. The van der Waals surface area contributed by atoms with Crippen LogP contribution in [-0.2, 0) is 6.42 Å². The highest BCUT2D eigenvalue weighted by Gasteiger charge is 2.23. The predicted octanol–water partition coefficient (Wildman–Crippen LogP) is 2.58. The molecule has 0 spiro atoms. The Bertz CT molecular complexity index is 679. The lowest BCUT2D eigenvalue weighted by atomic mass is 9.99. The smallest absolute Gasteiger partial charge is 0.254 e. The van der Waals surface area contributed by atoms with Crippen LogP contribution >= 0.6 is 0 Å². The Morgan fingerprint density at radius 2 is 1.86 bits per heavy atom. The molecule has 0 aliphatic carbocycles. The van der Waals surface area contributed by atoms with Crippen molar-refractivity contribution in [3.8, 4) is 5.75 Å². The second kappa shape index (κ2) is 6.43. The summed E-state index contributed by atoms with van der Waals surface area (Å²) in [7, 11) is 0. The first-order chi connectivity index (χ1) is 10.8. The van der Waals surface area contributed by atoms with Gasteiger partial charge in [-0.3, -0.25) is 9.59 Å². The van der Waals surface area contributed by atoms with Gasteiger partial charge in [-0.1, -0.05) is 18.2 Å². The highest BCUT2D eigenvalue weighted by atomic mass is 16.5. The monoisotopic (exact) mass is 295 g/mol. The standard InChI is InChI=1S/C18H17NO3/c20-13-14-5-7-16(8-6-14)22-12-11-19-10-9-15-3-1-2-4-17(15)18(19)21/h1-8,13H,9-12H2. The summed E-state index contributed by atoms with van der Waals surface area (Å²) in [5, 5.41) is 0. The molecular formula is C18H17NO3. The third kappa shape index (κ3) is 3.01. The van der Waals surface area contributed by atoms with Gasteiger partial charge in [-0.05, 0) is 42.3 Å². The molecule has 0 aromatic heterocycles. The summed E-state index contributed by atoms with van der Waals surface area (Å²) in [4.78, 5) is 24.8. The lowest BCUT2D eigenvalue weighted by Gasteiger charge is -2.28. The van der Waals surface area contributed by atoms with Gasteiger partial charge >= 0.3 is 0 Å². The van der Waals surface area contributed by atoms with E-state index in [1.54, 1.807) is 24.3 Å². The van der Waals surface area contributed by atoms with Crippen molar-refractivity contribution in [3.05, 3.63) is 65.2 Å². The molecule has 3 rings (SSSR count). The Kier molecular flexibility index (Phi) is 4.19. The Morgan fingerprint density at radius 1 is 1.09 bits per heavy atom. The molecule has 1 aliphatic rings. The zero-order chi connectivity index (χ0) is 15.4. The van der Waals surface area contributed by atoms with Gasteiger partial charge < -0.3 is 9.64 Å². The van der Waals surface area contributed by atoms with Crippen LogP contribution in [0.15, 0.2) is 48.5 Å². The molecule has 0 radical (unpaired) electrons. The average molecular weight is 295 g/mol. The van der Waals surface area contributed by atoms with Gasteiger partial charge in [0.05, 0.1) is 6.54 Å². The Hall–Kier alpha value is -2.62. The predicted molar refractivity (Wildman–Crippen MR) is 83.4 cm³/mol. The summed E-state index contributed by atoms with van der Waals surface area (Å²) >= 11 is 0. The fraction of sp³-hybridized carbons (Fsp3) is 0.222.